The summed E-state index contributed by atoms with van der Waals surface area (Å²) in [7, 11) is 2.24. The minimum absolute atomic E-state index is 0.111. The van der Waals surface area contributed by atoms with E-state index in [1.54, 1.807) is 11.9 Å². The summed E-state index contributed by atoms with van der Waals surface area (Å²) in [5.74, 6) is -5.17. The number of aromatic nitrogens is 2. The van der Waals surface area contributed by atoms with Crippen LogP contribution in [0.5, 0.6) is 0 Å². The van der Waals surface area contributed by atoms with Crippen LogP contribution in [0.4, 0.5) is 0 Å². The summed E-state index contributed by atoms with van der Waals surface area (Å²) < 4.78 is 17.8. The van der Waals surface area contributed by atoms with Gasteiger partial charge in [0.1, 0.15) is 0 Å². The molecule has 0 fully saturated rings. The Balaban J connectivity index is 3.20. The van der Waals surface area contributed by atoms with Crippen LogP contribution in [0.2, 0.25) is 0 Å². The molecular formula is C11H14N2O6Se. The molecule has 0 amide bonds. The molecule has 1 heterocycles. The Morgan fingerprint density at radius 3 is 2.20 bits per heavy atom. The molecule has 0 saturated heterocycles. The number of esters is 3. The molecule has 0 aliphatic carbocycles. The van der Waals surface area contributed by atoms with Gasteiger partial charge >= 0.3 is 121 Å². The summed E-state index contributed by atoms with van der Waals surface area (Å²) in [4.78, 5) is 37.2. The number of carbonyl (C=O) groups is 3. The van der Waals surface area contributed by atoms with Crippen LogP contribution in [-0.4, -0.2) is 62.7 Å². The monoisotopic (exact) mass is 350 g/mol. The number of rotatable bonds is 6. The van der Waals surface area contributed by atoms with Gasteiger partial charge in [0.25, 0.3) is 0 Å². The van der Waals surface area contributed by atoms with Gasteiger partial charge in [-0.1, -0.05) is 0 Å². The first-order valence-corrected chi connectivity index (χ1v) is 7.41. The van der Waals surface area contributed by atoms with E-state index in [4.69, 9.17) is 4.74 Å². The van der Waals surface area contributed by atoms with Gasteiger partial charge in [-0.3, -0.25) is 0 Å². The van der Waals surface area contributed by atoms with E-state index in [1.165, 1.54) is 0 Å². The molecule has 8 nitrogen and oxygen atoms in total. The van der Waals surface area contributed by atoms with E-state index in [1.807, 2.05) is 0 Å². The first-order valence-electron chi connectivity index (χ1n) is 5.66. The standard InChI is InChI=1S/C11H14N2O6Se/c1-4-19-11(16)7(6-5-20-13-12-6)8(9(14)17-2)10(15)18-3/h5,7-8H,4H2,1-3H3. The number of nitrogens with zero attached hydrogens (tertiary/aromatic N) is 2. The average Bonchev–Trinajstić information content (AvgIpc) is 2.96. The first kappa shape index (κ1) is 16.3. The van der Waals surface area contributed by atoms with Crippen LogP contribution in [0.25, 0.3) is 0 Å². The Hall–Kier alpha value is -1.73. The van der Waals surface area contributed by atoms with Crippen molar-refractivity contribution in [2.75, 3.05) is 20.8 Å². The number of hydrogen-bond acceptors (Lipinski definition) is 8. The van der Waals surface area contributed by atoms with E-state index < -0.39 is 29.7 Å². The summed E-state index contributed by atoms with van der Waals surface area (Å²) >= 11 is -0.253. The zero-order valence-corrected chi connectivity index (χ0v) is 12.9. The molecule has 1 unspecified atom stereocenters. The molecule has 0 spiro atoms. The third-order valence-corrected chi connectivity index (χ3v) is 3.58. The summed E-state index contributed by atoms with van der Waals surface area (Å²) in [6, 6.07) is 0. The predicted octanol–water partition coefficient (Wildman–Crippen LogP) is -0.857. The second-order valence-electron chi connectivity index (χ2n) is 3.58. The molecule has 0 saturated carbocycles. The topological polar surface area (TPSA) is 105 Å². The zero-order valence-electron chi connectivity index (χ0n) is 11.2. The Kier molecular flexibility index (Phi) is 6.33. The van der Waals surface area contributed by atoms with Gasteiger partial charge in [0.15, 0.2) is 0 Å². The quantitative estimate of drug-likeness (QED) is 0.283. The Bertz CT molecular complexity index is 459. The third-order valence-electron chi connectivity index (χ3n) is 2.48. The van der Waals surface area contributed by atoms with E-state index in [2.05, 4.69) is 18.7 Å². The molecular weight excluding hydrogens is 335 g/mol. The van der Waals surface area contributed by atoms with Gasteiger partial charge in [0.05, 0.1) is 0 Å². The Morgan fingerprint density at radius 1 is 1.20 bits per heavy atom. The molecule has 1 rings (SSSR count). The SMILES string of the molecule is CCOC(=O)C(c1c[se]nn1)C(C(=O)OC)C(=O)OC. The van der Waals surface area contributed by atoms with Crippen LogP contribution >= 0.6 is 0 Å². The molecule has 1 atom stereocenters. The molecule has 9 heteroatoms. The molecule has 0 bridgehead atoms. The van der Waals surface area contributed by atoms with Crippen molar-refractivity contribution in [3.8, 4) is 0 Å². The molecule has 1 aromatic rings. The summed E-state index contributed by atoms with van der Waals surface area (Å²) in [5.41, 5.74) is 0.226. The van der Waals surface area contributed by atoms with Crippen molar-refractivity contribution in [2.24, 2.45) is 5.92 Å². The molecule has 0 aliphatic heterocycles. The molecule has 0 aliphatic rings. The summed E-state index contributed by atoms with van der Waals surface area (Å²) in [6.45, 7) is 1.73. The Labute approximate surface area is 121 Å². The second-order valence-corrected chi connectivity index (χ2v) is 4.86. The fraction of sp³-hybridized carbons (Fsp3) is 0.545. The summed E-state index contributed by atoms with van der Waals surface area (Å²) in [5, 5.41) is 3.79. The van der Waals surface area contributed by atoms with Crippen LogP contribution < -0.4 is 0 Å². The second kappa shape index (κ2) is 7.76. The normalized spacial score (nSPS) is 11.8. The van der Waals surface area contributed by atoms with E-state index in [9.17, 15) is 14.4 Å². The molecule has 1 aromatic heterocycles. The fourth-order valence-corrected chi connectivity index (χ4v) is 2.62. The van der Waals surface area contributed by atoms with Gasteiger partial charge in [0, 0.05) is 0 Å². The van der Waals surface area contributed by atoms with E-state index in [0.717, 1.165) is 14.2 Å². The predicted molar refractivity (Wildman–Crippen MR) is 65.9 cm³/mol. The van der Waals surface area contributed by atoms with Crippen molar-refractivity contribution < 1.29 is 28.6 Å². The van der Waals surface area contributed by atoms with Crippen LogP contribution in [0, 0.1) is 5.92 Å². The van der Waals surface area contributed by atoms with Gasteiger partial charge in [-0.2, -0.15) is 0 Å². The average molecular weight is 349 g/mol. The van der Waals surface area contributed by atoms with Crippen LogP contribution in [0.15, 0.2) is 4.94 Å². The van der Waals surface area contributed by atoms with Crippen molar-refractivity contribution in [1.29, 1.82) is 0 Å². The molecule has 0 aromatic carbocycles. The van der Waals surface area contributed by atoms with E-state index in [-0.39, 0.29) is 27.0 Å². The van der Waals surface area contributed by atoms with Gasteiger partial charge in [0.2, 0.25) is 0 Å². The Morgan fingerprint density at radius 2 is 1.80 bits per heavy atom. The van der Waals surface area contributed by atoms with E-state index >= 15 is 0 Å². The van der Waals surface area contributed by atoms with Crippen molar-refractivity contribution in [2.45, 2.75) is 12.8 Å². The first-order chi connectivity index (χ1) is 9.56. The van der Waals surface area contributed by atoms with Gasteiger partial charge < -0.3 is 0 Å². The molecule has 110 valence electrons. The van der Waals surface area contributed by atoms with Crippen LogP contribution in [0.1, 0.15) is 18.5 Å². The number of ether oxygens (including phenoxy) is 3. The number of carbonyl (C=O) groups excluding carboxylic acids is 3. The number of hydrogen-bond donors (Lipinski definition) is 0. The summed E-state index contributed by atoms with van der Waals surface area (Å²) in [6.07, 6.45) is 0. The van der Waals surface area contributed by atoms with Crippen molar-refractivity contribution in [3.63, 3.8) is 0 Å². The third kappa shape index (κ3) is 3.64. The molecule has 0 N–H and O–H groups in total. The van der Waals surface area contributed by atoms with Crippen molar-refractivity contribution >= 4 is 32.6 Å². The van der Waals surface area contributed by atoms with Crippen LogP contribution in [0.3, 0.4) is 0 Å². The maximum absolute atomic E-state index is 12.0. The fourth-order valence-electron chi connectivity index (χ4n) is 1.59. The van der Waals surface area contributed by atoms with Crippen LogP contribution in [-0.2, 0) is 28.6 Å². The van der Waals surface area contributed by atoms with Gasteiger partial charge in [-0.25, -0.2) is 0 Å². The number of methoxy groups -OCH3 is 2. The van der Waals surface area contributed by atoms with Crippen molar-refractivity contribution in [3.05, 3.63) is 10.6 Å². The zero-order chi connectivity index (χ0) is 15.1. The van der Waals surface area contributed by atoms with Crippen molar-refractivity contribution in [1.82, 2.24) is 9.19 Å². The van der Waals surface area contributed by atoms with E-state index in [0.29, 0.717) is 0 Å². The molecule has 20 heavy (non-hydrogen) atoms. The van der Waals surface area contributed by atoms with Gasteiger partial charge in [-0.15, -0.1) is 0 Å². The van der Waals surface area contributed by atoms with Gasteiger partial charge in [-0.05, 0) is 0 Å². The maximum atomic E-state index is 12.0. The minimum atomic E-state index is -1.46. The molecule has 0 radical (unpaired) electrons.